The van der Waals surface area contributed by atoms with Gasteiger partial charge in [0.1, 0.15) is 18.1 Å². The Bertz CT molecular complexity index is 1690. The molecular weight excluding hydrogens is 571 g/mol. The van der Waals surface area contributed by atoms with Crippen LogP contribution in [0, 0.1) is 12.7 Å². The van der Waals surface area contributed by atoms with Crippen LogP contribution >= 0.6 is 0 Å². The molecule has 0 saturated carbocycles. The Hall–Kier alpha value is -5.03. The van der Waals surface area contributed by atoms with Gasteiger partial charge in [0.25, 0.3) is 21.8 Å². The van der Waals surface area contributed by atoms with Crippen molar-refractivity contribution in [2.45, 2.75) is 25.2 Å². The van der Waals surface area contributed by atoms with Crippen LogP contribution in [0.25, 0.3) is 0 Å². The fourth-order valence-electron chi connectivity index (χ4n) is 4.06. The molecule has 0 unspecified atom stereocenters. The summed E-state index contributed by atoms with van der Waals surface area (Å²) in [7, 11) is -4.05. The van der Waals surface area contributed by atoms with E-state index in [1.165, 1.54) is 42.6 Å². The molecule has 0 aliphatic carbocycles. The number of aryl methyl sites for hydroxylation is 2. The highest BCUT2D eigenvalue weighted by Crippen LogP contribution is 2.27. The molecule has 2 amide bonds. The summed E-state index contributed by atoms with van der Waals surface area (Å²) in [6, 6.07) is 25.5. The van der Waals surface area contributed by atoms with E-state index in [9.17, 15) is 22.4 Å². The second-order valence-corrected chi connectivity index (χ2v) is 11.4. The van der Waals surface area contributed by atoms with Gasteiger partial charge in [-0.2, -0.15) is 5.10 Å². The van der Waals surface area contributed by atoms with Crippen molar-refractivity contribution in [3.05, 3.63) is 120 Å². The highest BCUT2D eigenvalue weighted by molar-refractivity contribution is 7.92. The fourth-order valence-corrected chi connectivity index (χ4v) is 5.52. The van der Waals surface area contributed by atoms with E-state index in [2.05, 4.69) is 15.8 Å². The molecule has 2 N–H and O–H groups in total. The Balaban J connectivity index is 1.37. The lowest BCUT2D eigenvalue weighted by Crippen LogP contribution is -2.40. The zero-order valence-corrected chi connectivity index (χ0v) is 24.5. The number of hydrogen-bond donors (Lipinski definition) is 2. The number of hydrazone groups is 1. The fraction of sp³-hybridized carbons (Fsp3) is 0.156. The van der Waals surface area contributed by atoms with Gasteiger partial charge in [0, 0.05) is 5.69 Å². The lowest BCUT2D eigenvalue weighted by atomic mass is 10.1. The average Bonchev–Trinajstić information content (AvgIpc) is 3.01. The number of carbonyl (C=O) groups is 2. The summed E-state index contributed by atoms with van der Waals surface area (Å²) in [4.78, 5) is 25.0. The first-order chi connectivity index (χ1) is 20.7. The molecule has 0 radical (unpaired) electrons. The molecule has 4 aromatic rings. The third-order valence-corrected chi connectivity index (χ3v) is 8.09. The predicted octanol–water partition coefficient (Wildman–Crippen LogP) is 5.06. The summed E-state index contributed by atoms with van der Waals surface area (Å²) in [5.74, 6) is -0.991. The molecule has 9 nitrogen and oxygen atoms in total. The van der Waals surface area contributed by atoms with Crippen molar-refractivity contribution in [1.29, 1.82) is 0 Å². The Labute approximate surface area is 250 Å². The van der Waals surface area contributed by atoms with Crippen molar-refractivity contribution < 1.29 is 27.1 Å². The van der Waals surface area contributed by atoms with E-state index in [1.807, 2.05) is 26.0 Å². The SMILES string of the molecule is CCc1ccccc1N(CC(=O)N/N=C\c1ccc(OCC(=O)Nc2ccc(F)cc2)cc1)S(=O)(=O)c1ccc(C)cc1. The lowest BCUT2D eigenvalue weighted by molar-refractivity contribution is -0.119. The standard InChI is InChI=1S/C32H31FN4O5S/c1-3-25-6-4-5-7-30(25)37(43(40,41)29-18-8-23(2)9-19-29)21-31(38)36-34-20-24-10-16-28(17-11-24)42-22-32(39)35-27-14-12-26(33)13-15-27/h4-20H,3,21-22H2,1-2H3,(H,35,39)(H,36,38)/b34-20-. The van der Waals surface area contributed by atoms with Crippen LogP contribution in [0.1, 0.15) is 23.6 Å². The van der Waals surface area contributed by atoms with E-state index in [0.29, 0.717) is 29.1 Å². The van der Waals surface area contributed by atoms with Crippen LogP contribution < -0.4 is 19.8 Å². The Morgan fingerprint density at radius 3 is 2.26 bits per heavy atom. The highest BCUT2D eigenvalue weighted by atomic mass is 32.2. The first kappa shape index (κ1) is 30.9. The molecule has 0 saturated heterocycles. The molecule has 222 valence electrons. The number of nitrogens with one attached hydrogen (secondary N) is 2. The van der Waals surface area contributed by atoms with Crippen LogP contribution in [0.5, 0.6) is 5.75 Å². The summed E-state index contributed by atoms with van der Waals surface area (Å²) in [5, 5.41) is 6.58. The molecular formula is C32H31FN4O5S. The normalized spacial score (nSPS) is 11.2. The molecule has 0 aliphatic rings. The maximum atomic E-state index is 13.6. The quantitative estimate of drug-likeness (QED) is 0.174. The zero-order valence-electron chi connectivity index (χ0n) is 23.7. The zero-order chi connectivity index (χ0) is 30.8. The Morgan fingerprint density at radius 1 is 0.907 bits per heavy atom. The molecule has 0 atom stereocenters. The van der Waals surface area contributed by atoms with Crippen molar-refractivity contribution in [3.8, 4) is 5.75 Å². The van der Waals surface area contributed by atoms with Crippen LogP contribution in [0.4, 0.5) is 15.8 Å². The topological polar surface area (TPSA) is 117 Å². The monoisotopic (exact) mass is 602 g/mol. The predicted molar refractivity (Wildman–Crippen MR) is 164 cm³/mol. The number of sulfonamides is 1. The number of hydrogen-bond acceptors (Lipinski definition) is 6. The minimum Gasteiger partial charge on any atom is -0.484 e. The third kappa shape index (κ3) is 8.49. The third-order valence-electron chi connectivity index (χ3n) is 6.32. The Kier molecular flexibility index (Phi) is 10.2. The van der Waals surface area contributed by atoms with Gasteiger partial charge >= 0.3 is 0 Å². The van der Waals surface area contributed by atoms with Crippen molar-refractivity contribution in [2.75, 3.05) is 22.8 Å². The minimum absolute atomic E-state index is 0.0792. The van der Waals surface area contributed by atoms with E-state index in [-0.39, 0.29) is 11.5 Å². The molecule has 4 rings (SSSR count). The van der Waals surface area contributed by atoms with Gasteiger partial charge in [-0.1, -0.05) is 42.8 Å². The second kappa shape index (κ2) is 14.2. The van der Waals surface area contributed by atoms with E-state index >= 15 is 0 Å². The molecule has 0 aromatic heterocycles. The van der Waals surface area contributed by atoms with Crippen molar-refractivity contribution >= 4 is 39.4 Å². The molecule has 0 bridgehead atoms. The first-order valence-electron chi connectivity index (χ1n) is 13.4. The number of benzene rings is 4. The van der Waals surface area contributed by atoms with Crippen molar-refractivity contribution in [3.63, 3.8) is 0 Å². The summed E-state index contributed by atoms with van der Waals surface area (Å²) >= 11 is 0. The minimum atomic E-state index is -4.05. The lowest BCUT2D eigenvalue weighted by Gasteiger charge is -2.25. The van der Waals surface area contributed by atoms with E-state index in [4.69, 9.17) is 4.74 Å². The maximum Gasteiger partial charge on any atom is 0.264 e. The summed E-state index contributed by atoms with van der Waals surface area (Å²) in [6.45, 7) is 3.06. The molecule has 0 aliphatic heterocycles. The molecule has 4 aromatic carbocycles. The average molecular weight is 603 g/mol. The van der Waals surface area contributed by atoms with Crippen LogP contribution in [-0.4, -0.2) is 39.6 Å². The Morgan fingerprint density at radius 2 is 1.58 bits per heavy atom. The number of para-hydroxylation sites is 1. The second-order valence-electron chi connectivity index (χ2n) is 9.51. The number of rotatable bonds is 12. The molecule has 0 spiro atoms. The van der Waals surface area contributed by atoms with Gasteiger partial charge in [0.05, 0.1) is 16.8 Å². The molecule has 11 heteroatoms. The van der Waals surface area contributed by atoms with E-state index < -0.39 is 34.2 Å². The molecule has 0 heterocycles. The van der Waals surface area contributed by atoms with Crippen LogP contribution in [0.2, 0.25) is 0 Å². The van der Waals surface area contributed by atoms with Gasteiger partial charge in [0.15, 0.2) is 6.61 Å². The smallest absolute Gasteiger partial charge is 0.264 e. The van der Waals surface area contributed by atoms with Gasteiger partial charge in [-0.05, 0) is 91.2 Å². The van der Waals surface area contributed by atoms with E-state index in [1.54, 1.807) is 48.5 Å². The van der Waals surface area contributed by atoms with Crippen molar-refractivity contribution in [1.82, 2.24) is 5.43 Å². The van der Waals surface area contributed by atoms with Gasteiger partial charge in [-0.25, -0.2) is 18.2 Å². The van der Waals surface area contributed by atoms with Crippen LogP contribution in [0.15, 0.2) is 107 Å². The number of nitrogens with zero attached hydrogens (tertiary/aromatic N) is 2. The van der Waals surface area contributed by atoms with Crippen LogP contribution in [-0.2, 0) is 26.0 Å². The number of halogens is 1. The number of carbonyl (C=O) groups excluding carboxylic acids is 2. The van der Waals surface area contributed by atoms with Gasteiger partial charge in [0.2, 0.25) is 0 Å². The molecule has 0 fully saturated rings. The summed E-state index contributed by atoms with van der Waals surface area (Å²) in [6.07, 6.45) is 1.98. The first-order valence-corrected chi connectivity index (χ1v) is 14.9. The van der Waals surface area contributed by atoms with E-state index in [0.717, 1.165) is 15.4 Å². The molecule has 43 heavy (non-hydrogen) atoms. The number of anilines is 2. The van der Waals surface area contributed by atoms with Crippen molar-refractivity contribution in [2.24, 2.45) is 5.10 Å². The number of ether oxygens (including phenoxy) is 1. The largest absolute Gasteiger partial charge is 0.484 e. The van der Waals surface area contributed by atoms with Gasteiger partial charge in [-0.15, -0.1) is 0 Å². The highest BCUT2D eigenvalue weighted by Gasteiger charge is 2.28. The van der Waals surface area contributed by atoms with Gasteiger partial charge < -0.3 is 10.1 Å². The van der Waals surface area contributed by atoms with Crippen LogP contribution in [0.3, 0.4) is 0 Å². The summed E-state index contributed by atoms with van der Waals surface area (Å²) < 4.78 is 46.8. The maximum absolute atomic E-state index is 13.6. The number of amides is 2. The summed E-state index contributed by atoms with van der Waals surface area (Å²) in [5.41, 5.74) is 5.60. The van der Waals surface area contributed by atoms with Gasteiger partial charge in [-0.3, -0.25) is 13.9 Å².